The summed E-state index contributed by atoms with van der Waals surface area (Å²) in [5.41, 5.74) is 10.3. The van der Waals surface area contributed by atoms with Crippen LogP contribution in [0, 0.1) is 0 Å². The van der Waals surface area contributed by atoms with E-state index in [-0.39, 0.29) is 36.2 Å². The van der Waals surface area contributed by atoms with Crippen LogP contribution < -0.4 is 11.1 Å². The molecule has 270 valence electrons. The minimum atomic E-state index is -5.08. The van der Waals surface area contributed by atoms with Gasteiger partial charge in [-0.25, -0.2) is 4.79 Å². The van der Waals surface area contributed by atoms with E-state index >= 15 is 0 Å². The number of aromatic amines is 1. The number of alkyl halides is 3. The number of H-pyrrole nitrogens is 1. The lowest BCUT2D eigenvalue weighted by Crippen LogP contribution is -2.50. The Morgan fingerprint density at radius 1 is 1.00 bits per heavy atom. The summed E-state index contributed by atoms with van der Waals surface area (Å²) in [7, 11) is 0. The van der Waals surface area contributed by atoms with Gasteiger partial charge >= 0.3 is 12.1 Å². The first-order valence-electron chi connectivity index (χ1n) is 16.3. The normalized spacial score (nSPS) is 13.8. The van der Waals surface area contributed by atoms with Crippen LogP contribution in [0.15, 0.2) is 91.1 Å². The number of nitrogens with one attached hydrogen (secondary N) is 2. The average molecular weight is 726 g/mol. The maximum absolute atomic E-state index is 14.1. The van der Waals surface area contributed by atoms with Gasteiger partial charge in [-0.15, -0.1) is 0 Å². The molecule has 1 unspecified atom stereocenters. The van der Waals surface area contributed by atoms with Crippen molar-refractivity contribution < 1.29 is 37.5 Å². The number of amides is 3. The standard InChI is InChI=1S/C35H38ClN5O3.C2HF3O2/c1-24(26-6-4-7-27(23-26)30-8-2-3-9-31(30)34(43)39-19-17-37)41(33(42)22-25-11-13-28(36)14-12-25)29-15-20-40(21-16-29)35(44)32-10-5-18-38-32;3-2(4,5)1(6)7/h2-14,18,23-24,29,38H,15-17,19-22,37H2,1H3,(H,39,43);(H,6,7). The largest absolute Gasteiger partial charge is 0.490 e. The van der Waals surface area contributed by atoms with Crippen LogP contribution in [-0.2, 0) is 16.0 Å². The Morgan fingerprint density at radius 3 is 2.27 bits per heavy atom. The minimum Gasteiger partial charge on any atom is -0.475 e. The number of carboxylic acid groups (broad SMARTS) is 1. The van der Waals surface area contributed by atoms with Gasteiger partial charge in [0, 0.05) is 49.0 Å². The fourth-order valence-electron chi connectivity index (χ4n) is 5.93. The van der Waals surface area contributed by atoms with Crippen LogP contribution in [0.2, 0.25) is 5.02 Å². The number of benzene rings is 3. The van der Waals surface area contributed by atoms with Gasteiger partial charge in [0.15, 0.2) is 0 Å². The van der Waals surface area contributed by atoms with Gasteiger partial charge in [-0.3, -0.25) is 14.4 Å². The van der Waals surface area contributed by atoms with Crippen LogP contribution in [0.25, 0.3) is 11.1 Å². The van der Waals surface area contributed by atoms with Gasteiger partial charge in [0.05, 0.1) is 12.5 Å². The molecular formula is C37H39ClF3N5O5. The number of likely N-dealkylation sites (tertiary alicyclic amines) is 1. The minimum absolute atomic E-state index is 0.0148. The Hall–Kier alpha value is -5.14. The SMILES string of the molecule is CC(c1cccc(-c2ccccc2C(=O)NCCN)c1)N(C(=O)Cc1ccc(Cl)cc1)C1CCN(C(=O)c2ccc[nH]2)CC1.O=C(O)C(F)(F)F. The number of aliphatic carboxylic acids is 1. The summed E-state index contributed by atoms with van der Waals surface area (Å²) in [6, 6.07) is 26.2. The van der Waals surface area contributed by atoms with Crippen LogP contribution in [0.5, 0.6) is 0 Å². The summed E-state index contributed by atoms with van der Waals surface area (Å²) in [5.74, 6) is -2.94. The molecule has 3 amide bonds. The van der Waals surface area contributed by atoms with Gasteiger partial charge in [-0.05, 0) is 78.4 Å². The van der Waals surface area contributed by atoms with Crippen molar-refractivity contribution in [3.8, 4) is 11.1 Å². The van der Waals surface area contributed by atoms with Gasteiger partial charge in [0.2, 0.25) is 5.91 Å². The smallest absolute Gasteiger partial charge is 0.475 e. The predicted molar refractivity (Wildman–Crippen MR) is 187 cm³/mol. The number of carboxylic acids is 1. The zero-order valence-electron chi connectivity index (χ0n) is 27.8. The number of hydrogen-bond acceptors (Lipinski definition) is 5. The summed E-state index contributed by atoms with van der Waals surface area (Å²) < 4.78 is 31.7. The van der Waals surface area contributed by atoms with Crippen LogP contribution in [-0.4, -0.2) is 82.0 Å². The van der Waals surface area contributed by atoms with Gasteiger partial charge < -0.3 is 30.9 Å². The summed E-state index contributed by atoms with van der Waals surface area (Å²) in [6.45, 7) is 3.93. The fraction of sp³-hybridized carbons (Fsp3) is 0.297. The number of hydrogen-bond donors (Lipinski definition) is 4. The van der Waals surface area contributed by atoms with Crippen molar-refractivity contribution in [2.75, 3.05) is 26.2 Å². The van der Waals surface area contributed by atoms with Gasteiger partial charge in [0.25, 0.3) is 11.8 Å². The van der Waals surface area contributed by atoms with Crippen molar-refractivity contribution >= 4 is 35.3 Å². The van der Waals surface area contributed by atoms with Crippen molar-refractivity contribution in [3.05, 3.63) is 119 Å². The maximum atomic E-state index is 14.1. The molecule has 14 heteroatoms. The number of rotatable bonds is 10. The third-order valence-corrected chi connectivity index (χ3v) is 8.72. The van der Waals surface area contributed by atoms with E-state index in [1.807, 2.05) is 70.5 Å². The molecule has 4 aromatic rings. The molecule has 0 aliphatic carbocycles. The first kappa shape index (κ1) is 38.7. The Labute approximate surface area is 298 Å². The molecule has 0 spiro atoms. The highest BCUT2D eigenvalue weighted by Crippen LogP contribution is 2.32. The van der Waals surface area contributed by atoms with Crippen molar-refractivity contribution in [3.63, 3.8) is 0 Å². The van der Waals surface area contributed by atoms with Crippen molar-refractivity contribution in [2.45, 2.75) is 44.4 Å². The number of carbonyl (C=O) groups is 4. The van der Waals surface area contributed by atoms with E-state index in [2.05, 4.69) is 23.3 Å². The molecule has 1 saturated heterocycles. The topological polar surface area (TPSA) is 149 Å². The maximum Gasteiger partial charge on any atom is 0.490 e. The molecular weight excluding hydrogens is 687 g/mol. The average Bonchev–Trinajstić information content (AvgIpc) is 3.67. The molecule has 10 nitrogen and oxygen atoms in total. The molecule has 3 aromatic carbocycles. The van der Waals surface area contributed by atoms with Crippen molar-refractivity contribution in [1.29, 1.82) is 0 Å². The first-order valence-corrected chi connectivity index (χ1v) is 16.6. The number of nitrogens with zero attached hydrogens (tertiary/aromatic N) is 2. The highest BCUT2D eigenvalue weighted by molar-refractivity contribution is 6.30. The lowest BCUT2D eigenvalue weighted by molar-refractivity contribution is -0.192. The highest BCUT2D eigenvalue weighted by Gasteiger charge is 2.38. The second-order valence-electron chi connectivity index (χ2n) is 11.9. The molecule has 1 aromatic heterocycles. The van der Waals surface area contributed by atoms with E-state index in [1.54, 1.807) is 24.4 Å². The van der Waals surface area contributed by atoms with Crippen LogP contribution >= 0.6 is 11.6 Å². The quantitative estimate of drug-likeness (QED) is 0.155. The number of carbonyl (C=O) groups excluding carboxylic acids is 3. The second-order valence-corrected chi connectivity index (χ2v) is 12.3. The molecule has 1 fully saturated rings. The van der Waals surface area contributed by atoms with E-state index in [0.717, 1.165) is 22.3 Å². The second kappa shape index (κ2) is 17.7. The predicted octanol–water partition coefficient (Wildman–Crippen LogP) is 6.09. The van der Waals surface area contributed by atoms with E-state index in [9.17, 15) is 27.6 Å². The molecule has 51 heavy (non-hydrogen) atoms. The van der Waals surface area contributed by atoms with Gasteiger partial charge in [-0.2, -0.15) is 13.2 Å². The zero-order valence-corrected chi connectivity index (χ0v) is 28.6. The third kappa shape index (κ3) is 10.4. The molecule has 1 atom stereocenters. The lowest BCUT2D eigenvalue weighted by Gasteiger charge is -2.42. The first-order chi connectivity index (χ1) is 24.3. The summed E-state index contributed by atoms with van der Waals surface area (Å²) in [6.07, 6.45) is -1.75. The molecule has 2 heterocycles. The van der Waals surface area contributed by atoms with E-state index < -0.39 is 12.1 Å². The van der Waals surface area contributed by atoms with Crippen LogP contribution in [0.3, 0.4) is 0 Å². The lowest BCUT2D eigenvalue weighted by atomic mass is 9.93. The zero-order chi connectivity index (χ0) is 37.1. The van der Waals surface area contributed by atoms with Crippen LogP contribution in [0.4, 0.5) is 13.2 Å². The summed E-state index contributed by atoms with van der Waals surface area (Å²) in [4.78, 5) is 55.7. The Balaban J connectivity index is 0.000000755. The fourth-order valence-corrected chi connectivity index (χ4v) is 6.05. The Bertz CT molecular complexity index is 1790. The van der Waals surface area contributed by atoms with Gasteiger partial charge in [0.1, 0.15) is 5.69 Å². The van der Waals surface area contributed by atoms with E-state index in [4.69, 9.17) is 27.2 Å². The molecule has 5 rings (SSSR count). The highest BCUT2D eigenvalue weighted by atomic mass is 35.5. The van der Waals surface area contributed by atoms with Crippen LogP contribution in [0.1, 0.15) is 57.8 Å². The van der Waals surface area contributed by atoms with Crippen molar-refractivity contribution in [2.24, 2.45) is 5.73 Å². The Morgan fingerprint density at radius 2 is 1.67 bits per heavy atom. The Kier molecular flexibility index (Phi) is 13.4. The molecule has 5 N–H and O–H groups in total. The van der Waals surface area contributed by atoms with E-state index in [0.29, 0.717) is 55.3 Å². The molecule has 1 aliphatic heterocycles. The number of aromatic nitrogens is 1. The third-order valence-electron chi connectivity index (χ3n) is 8.47. The van der Waals surface area contributed by atoms with Gasteiger partial charge in [-0.1, -0.05) is 60.1 Å². The monoisotopic (exact) mass is 725 g/mol. The molecule has 1 aliphatic rings. The van der Waals surface area contributed by atoms with E-state index in [1.165, 1.54) is 0 Å². The number of halogens is 4. The number of nitrogens with two attached hydrogens (primary N) is 1. The summed E-state index contributed by atoms with van der Waals surface area (Å²) in [5, 5.41) is 10.6. The van der Waals surface area contributed by atoms with Crippen molar-refractivity contribution in [1.82, 2.24) is 20.1 Å². The molecule has 0 radical (unpaired) electrons. The molecule has 0 saturated carbocycles. The number of piperidine rings is 1. The summed E-state index contributed by atoms with van der Waals surface area (Å²) >= 11 is 6.10. The molecule has 0 bridgehead atoms.